The van der Waals surface area contributed by atoms with Gasteiger partial charge in [-0.15, -0.1) is 0 Å². The number of amides is 1. The highest BCUT2D eigenvalue weighted by Gasteiger charge is 2.34. The molecule has 1 aliphatic rings. The van der Waals surface area contributed by atoms with Crippen LogP contribution in [0.2, 0.25) is 0 Å². The average Bonchev–Trinajstić information content (AvgIpc) is 2.45. The molecule has 2 heteroatoms. The Hall–Kier alpha value is -1.05. The third kappa shape index (κ3) is 3.34. The van der Waals surface area contributed by atoms with Crippen molar-refractivity contribution in [3.63, 3.8) is 0 Å². The Morgan fingerprint density at radius 2 is 1.45 bits per heavy atom. The highest BCUT2D eigenvalue weighted by molar-refractivity contribution is 5.89. The first-order chi connectivity index (χ1) is 9.18. The Bertz CT molecular complexity index is 413. The number of rotatable bonds is 4. The lowest BCUT2D eigenvalue weighted by atomic mass is 9.81. The minimum atomic E-state index is 0.146. The van der Waals surface area contributed by atoms with Gasteiger partial charge in [0.25, 0.3) is 0 Å². The van der Waals surface area contributed by atoms with Gasteiger partial charge in [0.05, 0.1) is 6.04 Å². The molecule has 20 heavy (non-hydrogen) atoms. The van der Waals surface area contributed by atoms with Crippen LogP contribution < -0.4 is 0 Å². The summed E-state index contributed by atoms with van der Waals surface area (Å²) in [6.07, 6.45) is 3.82. The van der Waals surface area contributed by atoms with E-state index in [1.54, 1.807) is 6.08 Å². The Morgan fingerprint density at radius 3 is 1.80 bits per heavy atom. The number of hydrogen-bond donors (Lipinski definition) is 0. The van der Waals surface area contributed by atoms with E-state index in [1.165, 1.54) is 11.1 Å². The van der Waals surface area contributed by atoms with Crippen LogP contribution in [-0.4, -0.2) is 22.9 Å². The fraction of sp³-hybridized carbons (Fsp3) is 0.722. The van der Waals surface area contributed by atoms with Gasteiger partial charge in [-0.1, -0.05) is 47.6 Å². The van der Waals surface area contributed by atoms with Crippen LogP contribution in [0.4, 0.5) is 0 Å². The molecule has 1 atom stereocenters. The Morgan fingerprint density at radius 1 is 0.900 bits per heavy atom. The van der Waals surface area contributed by atoms with E-state index < -0.39 is 0 Å². The lowest BCUT2D eigenvalue weighted by Gasteiger charge is -2.40. The average molecular weight is 277 g/mol. The van der Waals surface area contributed by atoms with Gasteiger partial charge in [0.2, 0.25) is 5.91 Å². The topological polar surface area (TPSA) is 20.3 Å². The molecule has 0 aromatic rings. The van der Waals surface area contributed by atoms with Crippen LogP contribution in [0.3, 0.4) is 0 Å². The Balaban J connectivity index is 3.51. The molecule has 0 N–H and O–H groups in total. The second-order valence-electron chi connectivity index (χ2n) is 7.08. The highest BCUT2D eigenvalue weighted by Crippen LogP contribution is 2.34. The van der Waals surface area contributed by atoms with E-state index in [1.807, 2.05) is 0 Å². The smallest absolute Gasteiger partial charge is 0.247 e. The summed E-state index contributed by atoms with van der Waals surface area (Å²) in [4.78, 5) is 14.6. The van der Waals surface area contributed by atoms with Gasteiger partial charge in [0.1, 0.15) is 0 Å². The van der Waals surface area contributed by atoms with E-state index in [4.69, 9.17) is 0 Å². The second kappa shape index (κ2) is 6.60. The standard InChI is InChI=1S/C18H31NO/c1-11(2)15-9-10-16(20)19(14(7)8)18(13(5)6)17(15)12(3)4/h9-14,18H,1-8H3. The van der Waals surface area contributed by atoms with Gasteiger partial charge in [0.15, 0.2) is 0 Å². The molecular weight excluding hydrogens is 246 g/mol. The first kappa shape index (κ1) is 17.0. The minimum Gasteiger partial charge on any atom is -0.330 e. The summed E-state index contributed by atoms with van der Waals surface area (Å²) in [5, 5.41) is 0. The monoisotopic (exact) mass is 277 g/mol. The molecule has 2 nitrogen and oxygen atoms in total. The van der Waals surface area contributed by atoms with Gasteiger partial charge < -0.3 is 4.90 Å². The maximum Gasteiger partial charge on any atom is 0.247 e. The summed E-state index contributed by atoms with van der Waals surface area (Å²) >= 11 is 0. The molecule has 0 aromatic carbocycles. The van der Waals surface area contributed by atoms with Crippen molar-refractivity contribution < 1.29 is 4.79 Å². The molecular formula is C18H31NO. The number of carbonyl (C=O) groups is 1. The molecule has 1 aliphatic heterocycles. The summed E-state index contributed by atoms with van der Waals surface area (Å²) in [6.45, 7) is 17.6. The lowest BCUT2D eigenvalue weighted by molar-refractivity contribution is -0.130. The van der Waals surface area contributed by atoms with E-state index in [9.17, 15) is 4.79 Å². The molecule has 0 fully saturated rings. The van der Waals surface area contributed by atoms with Crippen molar-refractivity contribution >= 4 is 5.91 Å². The second-order valence-corrected chi connectivity index (χ2v) is 7.08. The fourth-order valence-corrected chi connectivity index (χ4v) is 3.26. The molecule has 0 bridgehead atoms. The van der Waals surface area contributed by atoms with Crippen LogP contribution in [0.25, 0.3) is 0 Å². The molecule has 1 heterocycles. The molecule has 0 aromatic heterocycles. The summed E-state index contributed by atoms with van der Waals surface area (Å²) < 4.78 is 0. The number of carbonyl (C=O) groups excluding carboxylic acids is 1. The predicted molar refractivity (Wildman–Crippen MR) is 86.5 cm³/mol. The maximum absolute atomic E-state index is 12.5. The third-order valence-corrected chi connectivity index (χ3v) is 4.04. The number of allylic oxidation sites excluding steroid dienone is 2. The zero-order chi connectivity index (χ0) is 15.6. The van der Waals surface area contributed by atoms with Crippen molar-refractivity contribution in [3.05, 3.63) is 23.3 Å². The van der Waals surface area contributed by atoms with Crippen molar-refractivity contribution in [1.29, 1.82) is 0 Å². The van der Waals surface area contributed by atoms with Crippen LogP contribution in [-0.2, 0) is 4.79 Å². The summed E-state index contributed by atoms with van der Waals surface area (Å²) in [5.41, 5.74) is 2.78. The van der Waals surface area contributed by atoms with Crippen molar-refractivity contribution in [1.82, 2.24) is 4.90 Å². The van der Waals surface area contributed by atoms with Crippen molar-refractivity contribution in [3.8, 4) is 0 Å². The summed E-state index contributed by atoms with van der Waals surface area (Å²) in [5.74, 6) is 1.47. The fourth-order valence-electron chi connectivity index (χ4n) is 3.26. The van der Waals surface area contributed by atoms with Crippen molar-refractivity contribution in [2.24, 2.45) is 17.8 Å². The van der Waals surface area contributed by atoms with Gasteiger partial charge in [-0.2, -0.15) is 0 Å². The molecule has 1 amide bonds. The largest absolute Gasteiger partial charge is 0.330 e. The SMILES string of the molecule is CC(C)C1=C(C(C)C)C(C(C)C)N(C(C)C)C(=O)C=C1. The Kier molecular flexibility index (Phi) is 5.61. The van der Waals surface area contributed by atoms with E-state index in [0.717, 1.165) is 0 Å². The lowest BCUT2D eigenvalue weighted by Crippen LogP contribution is -2.48. The molecule has 0 saturated heterocycles. The zero-order valence-electron chi connectivity index (χ0n) is 14.4. The van der Waals surface area contributed by atoms with Gasteiger partial charge in [-0.25, -0.2) is 0 Å². The minimum absolute atomic E-state index is 0.146. The zero-order valence-corrected chi connectivity index (χ0v) is 14.4. The molecule has 0 radical (unpaired) electrons. The van der Waals surface area contributed by atoms with Gasteiger partial charge >= 0.3 is 0 Å². The number of nitrogens with zero attached hydrogens (tertiary/aromatic N) is 1. The van der Waals surface area contributed by atoms with Crippen LogP contribution in [0.1, 0.15) is 55.4 Å². The van der Waals surface area contributed by atoms with E-state index in [2.05, 4.69) is 66.4 Å². The molecule has 1 rings (SSSR count). The number of hydrogen-bond acceptors (Lipinski definition) is 1. The van der Waals surface area contributed by atoms with Crippen LogP contribution in [0.5, 0.6) is 0 Å². The highest BCUT2D eigenvalue weighted by atomic mass is 16.2. The molecule has 1 unspecified atom stereocenters. The third-order valence-electron chi connectivity index (χ3n) is 4.04. The van der Waals surface area contributed by atoms with Crippen LogP contribution >= 0.6 is 0 Å². The molecule has 0 aliphatic carbocycles. The van der Waals surface area contributed by atoms with Crippen LogP contribution in [0.15, 0.2) is 23.3 Å². The van der Waals surface area contributed by atoms with Crippen molar-refractivity contribution in [2.45, 2.75) is 67.5 Å². The maximum atomic E-state index is 12.5. The van der Waals surface area contributed by atoms with E-state index in [0.29, 0.717) is 17.8 Å². The first-order valence-corrected chi connectivity index (χ1v) is 7.92. The van der Waals surface area contributed by atoms with Crippen molar-refractivity contribution in [2.75, 3.05) is 0 Å². The van der Waals surface area contributed by atoms with E-state index in [-0.39, 0.29) is 18.0 Å². The van der Waals surface area contributed by atoms with E-state index >= 15 is 0 Å². The normalized spacial score (nSPS) is 20.9. The summed E-state index contributed by atoms with van der Waals surface area (Å²) in [6, 6.07) is 0.426. The molecule has 0 saturated carbocycles. The molecule has 0 spiro atoms. The molecule has 114 valence electrons. The quantitative estimate of drug-likeness (QED) is 0.744. The van der Waals surface area contributed by atoms with Gasteiger partial charge in [-0.3, -0.25) is 4.79 Å². The van der Waals surface area contributed by atoms with Crippen LogP contribution in [0, 0.1) is 17.8 Å². The summed E-state index contributed by atoms with van der Waals surface area (Å²) in [7, 11) is 0. The van der Waals surface area contributed by atoms with Gasteiger partial charge in [0, 0.05) is 12.1 Å². The first-order valence-electron chi connectivity index (χ1n) is 7.92. The van der Waals surface area contributed by atoms with Gasteiger partial charge in [-0.05, 0) is 42.7 Å². The Labute approximate surface area is 124 Å². The predicted octanol–water partition coefficient (Wildman–Crippen LogP) is 4.43.